The fourth-order valence-corrected chi connectivity index (χ4v) is 9.17. The van der Waals surface area contributed by atoms with E-state index in [-0.39, 0.29) is 12.0 Å². The molecule has 0 amide bonds. The van der Waals surface area contributed by atoms with Gasteiger partial charge in [-0.2, -0.15) is 0 Å². The van der Waals surface area contributed by atoms with E-state index in [1.807, 2.05) is 0 Å². The van der Waals surface area contributed by atoms with E-state index in [9.17, 15) is 0 Å². The van der Waals surface area contributed by atoms with Crippen LogP contribution in [0.1, 0.15) is 24.1 Å². The quantitative estimate of drug-likeness (QED) is 0.161. The van der Waals surface area contributed by atoms with E-state index < -0.39 is 0 Å². The first-order valence-corrected chi connectivity index (χ1v) is 20.8. The van der Waals surface area contributed by atoms with Crippen LogP contribution in [0.5, 0.6) is 0 Å². The van der Waals surface area contributed by atoms with Crippen molar-refractivity contribution < 1.29 is 0 Å². The average Bonchev–Trinajstić information content (AvgIpc) is 3.66. The van der Waals surface area contributed by atoms with Gasteiger partial charge in [0.2, 0.25) is 0 Å². The third-order valence-corrected chi connectivity index (χ3v) is 12.1. The summed E-state index contributed by atoms with van der Waals surface area (Å²) in [6, 6.07) is 78.3. The molecule has 0 saturated heterocycles. The Bertz CT molecular complexity index is 3250. The van der Waals surface area contributed by atoms with Crippen LogP contribution in [0.2, 0.25) is 0 Å². The summed E-state index contributed by atoms with van der Waals surface area (Å²) >= 11 is 0. The fraction of sp³-hybridized carbons (Fsp3) is 0.0526. The SMILES string of the molecule is CC1C(n2c3cc(-c4ccccc4)ccc3c3c4ccccc4c(-c4ccccc4)cc32)=NC(c2cccc(-c3ccccc3)c2)=NC1c1cccc(-c2ccccc2)c1. The zero-order chi connectivity index (χ0) is 40.0. The molecule has 0 radical (unpaired) electrons. The summed E-state index contributed by atoms with van der Waals surface area (Å²) in [5, 5.41) is 4.89. The molecule has 0 bridgehead atoms. The Labute approximate surface area is 350 Å². The van der Waals surface area contributed by atoms with Gasteiger partial charge in [0, 0.05) is 22.3 Å². The molecular weight excluding hydrogens is 727 g/mol. The highest BCUT2D eigenvalue weighted by molar-refractivity contribution is 6.27. The van der Waals surface area contributed by atoms with E-state index in [2.05, 4.69) is 230 Å². The van der Waals surface area contributed by atoms with Gasteiger partial charge in [0.15, 0.2) is 5.84 Å². The molecule has 284 valence electrons. The Kier molecular flexibility index (Phi) is 8.86. The molecule has 3 nitrogen and oxygen atoms in total. The van der Waals surface area contributed by atoms with Gasteiger partial charge in [-0.05, 0) is 85.1 Å². The summed E-state index contributed by atoms with van der Waals surface area (Å²) < 4.78 is 2.46. The van der Waals surface area contributed by atoms with Gasteiger partial charge >= 0.3 is 0 Å². The lowest BCUT2D eigenvalue weighted by atomic mass is 9.90. The van der Waals surface area contributed by atoms with Crippen LogP contribution in [-0.2, 0) is 0 Å². The van der Waals surface area contributed by atoms with Crippen molar-refractivity contribution in [2.45, 2.75) is 13.0 Å². The average molecular weight is 768 g/mol. The number of fused-ring (bicyclic) bond motifs is 5. The molecule has 0 aliphatic carbocycles. The van der Waals surface area contributed by atoms with Gasteiger partial charge in [0.05, 0.1) is 17.1 Å². The zero-order valence-electron chi connectivity index (χ0n) is 33.3. The normalized spacial score (nSPS) is 15.3. The van der Waals surface area contributed by atoms with Crippen molar-refractivity contribution in [3.63, 3.8) is 0 Å². The standard InChI is InChI=1S/C57H41N3/c1-38-55(46-28-16-26-43(34-46)39-18-6-2-7-19-39)58-56(47-29-17-27-44(35-47)40-20-8-3-9-21-40)59-57(38)60-52-36-45(41-22-10-4-11-23-41)32-33-50(52)54-49-31-15-14-30-48(49)51(37-53(54)60)42-24-12-5-13-25-42/h2-38,55H,1H3. The highest BCUT2D eigenvalue weighted by Gasteiger charge is 2.33. The molecule has 2 heterocycles. The Morgan fingerprint density at radius 1 is 0.383 bits per heavy atom. The molecule has 11 rings (SSSR count). The predicted octanol–water partition coefficient (Wildman–Crippen LogP) is 14.7. The van der Waals surface area contributed by atoms with Crippen molar-refractivity contribution in [3.8, 4) is 44.5 Å². The number of aromatic nitrogens is 1. The molecule has 2 unspecified atom stereocenters. The number of nitrogens with zero attached hydrogens (tertiary/aromatic N) is 3. The zero-order valence-corrected chi connectivity index (χ0v) is 33.3. The summed E-state index contributed by atoms with van der Waals surface area (Å²) in [7, 11) is 0. The highest BCUT2D eigenvalue weighted by Crippen LogP contribution is 2.43. The molecule has 1 aliphatic rings. The molecule has 1 aromatic heterocycles. The molecule has 2 atom stereocenters. The van der Waals surface area contributed by atoms with Gasteiger partial charge in [-0.3, -0.25) is 9.56 Å². The number of amidine groups is 1. The van der Waals surface area contributed by atoms with Gasteiger partial charge in [-0.25, -0.2) is 4.99 Å². The Balaban J connectivity index is 1.20. The van der Waals surface area contributed by atoms with Crippen LogP contribution >= 0.6 is 0 Å². The Morgan fingerprint density at radius 3 is 1.55 bits per heavy atom. The number of hydrogen-bond acceptors (Lipinski definition) is 2. The summed E-state index contributed by atoms with van der Waals surface area (Å²) in [6.07, 6.45) is 0. The van der Waals surface area contributed by atoms with E-state index in [1.165, 1.54) is 54.9 Å². The van der Waals surface area contributed by atoms with Gasteiger partial charge in [0.25, 0.3) is 0 Å². The second-order valence-electron chi connectivity index (χ2n) is 15.8. The molecule has 0 saturated carbocycles. The minimum absolute atomic E-state index is 0.0806. The third-order valence-electron chi connectivity index (χ3n) is 12.1. The fourth-order valence-electron chi connectivity index (χ4n) is 9.17. The van der Waals surface area contributed by atoms with Crippen molar-refractivity contribution in [1.82, 2.24) is 4.57 Å². The summed E-state index contributed by atoms with van der Waals surface area (Å²) in [5.41, 5.74) is 13.8. The second kappa shape index (κ2) is 15.0. The smallest absolute Gasteiger partial charge is 0.157 e. The largest absolute Gasteiger partial charge is 0.297 e. The van der Waals surface area contributed by atoms with E-state index in [1.54, 1.807) is 0 Å². The van der Waals surface area contributed by atoms with Gasteiger partial charge in [-0.15, -0.1) is 0 Å². The summed E-state index contributed by atoms with van der Waals surface area (Å²) in [5.74, 6) is 1.62. The first-order chi connectivity index (χ1) is 29.7. The Hall–Kier alpha value is -7.62. The van der Waals surface area contributed by atoms with Crippen LogP contribution in [0.15, 0.2) is 228 Å². The lowest BCUT2D eigenvalue weighted by Gasteiger charge is -2.29. The number of aliphatic imine (C=N–C) groups is 2. The van der Waals surface area contributed by atoms with Gasteiger partial charge in [-0.1, -0.05) is 201 Å². The molecule has 3 heteroatoms. The molecule has 10 aromatic rings. The lowest BCUT2D eigenvalue weighted by molar-refractivity contribution is 0.580. The summed E-state index contributed by atoms with van der Waals surface area (Å²) in [4.78, 5) is 11.3. The first kappa shape index (κ1) is 35.5. The van der Waals surface area contributed by atoms with Crippen molar-refractivity contribution in [3.05, 3.63) is 230 Å². The maximum absolute atomic E-state index is 5.68. The highest BCUT2D eigenvalue weighted by atomic mass is 15.1. The van der Waals surface area contributed by atoms with Crippen molar-refractivity contribution in [2.24, 2.45) is 15.9 Å². The number of hydrogen-bond donors (Lipinski definition) is 0. The maximum atomic E-state index is 5.68. The summed E-state index contributed by atoms with van der Waals surface area (Å²) in [6.45, 7) is 2.30. The van der Waals surface area contributed by atoms with E-state index >= 15 is 0 Å². The maximum Gasteiger partial charge on any atom is 0.157 e. The van der Waals surface area contributed by atoms with E-state index in [0.717, 1.165) is 45.0 Å². The van der Waals surface area contributed by atoms with Crippen LogP contribution in [0.25, 0.3) is 77.1 Å². The van der Waals surface area contributed by atoms with Gasteiger partial charge < -0.3 is 0 Å². The van der Waals surface area contributed by atoms with Crippen LogP contribution in [0.3, 0.4) is 0 Å². The number of benzene rings is 9. The topological polar surface area (TPSA) is 29.6 Å². The van der Waals surface area contributed by atoms with Crippen molar-refractivity contribution in [1.29, 1.82) is 0 Å². The molecule has 0 spiro atoms. The number of rotatable bonds is 6. The Morgan fingerprint density at radius 2 is 0.900 bits per heavy atom. The molecular formula is C57H41N3. The molecule has 1 aliphatic heterocycles. The minimum Gasteiger partial charge on any atom is -0.297 e. The van der Waals surface area contributed by atoms with Gasteiger partial charge in [0.1, 0.15) is 5.84 Å². The van der Waals surface area contributed by atoms with Crippen LogP contribution in [0.4, 0.5) is 0 Å². The third kappa shape index (κ3) is 6.23. The van der Waals surface area contributed by atoms with Crippen LogP contribution in [0, 0.1) is 5.92 Å². The minimum atomic E-state index is -0.199. The lowest BCUT2D eigenvalue weighted by Crippen LogP contribution is -2.30. The molecule has 0 N–H and O–H groups in total. The molecule has 60 heavy (non-hydrogen) atoms. The van der Waals surface area contributed by atoms with E-state index in [4.69, 9.17) is 9.98 Å². The molecule has 0 fully saturated rings. The predicted molar refractivity (Wildman–Crippen MR) is 253 cm³/mol. The van der Waals surface area contributed by atoms with Crippen molar-refractivity contribution in [2.75, 3.05) is 0 Å². The monoisotopic (exact) mass is 767 g/mol. The van der Waals surface area contributed by atoms with E-state index in [0.29, 0.717) is 0 Å². The van der Waals surface area contributed by atoms with Crippen molar-refractivity contribution >= 4 is 44.2 Å². The molecule has 9 aromatic carbocycles. The van der Waals surface area contributed by atoms with Crippen LogP contribution in [-0.4, -0.2) is 16.2 Å². The van der Waals surface area contributed by atoms with Crippen LogP contribution < -0.4 is 0 Å². The second-order valence-corrected chi connectivity index (χ2v) is 15.8. The first-order valence-electron chi connectivity index (χ1n) is 20.8.